The maximum atomic E-state index is 13.0. The van der Waals surface area contributed by atoms with Crippen LogP contribution in [0.15, 0.2) is 30.5 Å². The molecular formula is C17H20F3N7. The van der Waals surface area contributed by atoms with E-state index in [2.05, 4.69) is 30.9 Å². The van der Waals surface area contributed by atoms with Gasteiger partial charge in [-0.15, -0.1) is 15.3 Å². The molecule has 0 saturated carbocycles. The molecule has 0 unspecified atom stereocenters. The van der Waals surface area contributed by atoms with Crippen LogP contribution in [-0.4, -0.2) is 37.9 Å². The van der Waals surface area contributed by atoms with Crippen LogP contribution >= 0.6 is 0 Å². The van der Waals surface area contributed by atoms with E-state index in [1.807, 2.05) is 20.8 Å². The predicted molar refractivity (Wildman–Crippen MR) is 95.7 cm³/mol. The average Bonchev–Trinajstić information content (AvgIpc) is 3.01. The van der Waals surface area contributed by atoms with E-state index in [4.69, 9.17) is 0 Å². The number of alkyl halides is 3. The maximum Gasteiger partial charge on any atom is 0.419 e. The SMILES string of the molecule is CC(C)(C)c1nnc2ccc(NCCNc3ncccc3C(F)(F)F)nn12. The summed E-state index contributed by atoms with van der Waals surface area (Å²) in [5, 5.41) is 18.5. The minimum Gasteiger partial charge on any atom is -0.368 e. The minimum absolute atomic E-state index is 0.191. The van der Waals surface area contributed by atoms with Crippen LogP contribution in [0.1, 0.15) is 32.2 Å². The molecule has 0 fully saturated rings. The molecule has 0 aromatic carbocycles. The predicted octanol–water partition coefficient (Wildman–Crippen LogP) is 3.36. The highest BCUT2D eigenvalue weighted by molar-refractivity contribution is 5.47. The summed E-state index contributed by atoms with van der Waals surface area (Å²) in [6.07, 6.45) is -3.13. The van der Waals surface area contributed by atoms with Crippen LogP contribution in [0.2, 0.25) is 0 Å². The van der Waals surface area contributed by atoms with Crippen LogP contribution in [0.25, 0.3) is 5.65 Å². The molecule has 0 aliphatic carbocycles. The van der Waals surface area contributed by atoms with E-state index in [0.717, 1.165) is 11.9 Å². The Labute approximate surface area is 154 Å². The van der Waals surface area contributed by atoms with Crippen molar-refractivity contribution in [3.8, 4) is 0 Å². The number of hydrogen-bond donors (Lipinski definition) is 2. The summed E-state index contributed by atoms with van der Waals surface area (Å²) in [7, 11) is 0. The van der Waals surface area contributed by atoms with Crippen LogP contribution in [0.4, 0.5) is 24.8 Å². The summed E-state index contributed by atoms with van der Waals surface area (Å²) in [4.78, 5) is 3.77. The van der Waals surface area contributed by atoms with E-state index in [0.29, 0.717) is 18.0 Å². The van der Waals surface area contributed by atoms with Crippen molar-refractivity contribution in [1.29, 1.82) is 0 Å². The molecule has 0 bridgehead atoms. The second kappa shape index (κ2) is 7.01. The molecule has 3 heterocycles. The molecule has 27 heavy (non-hydrogen) atoms. The van der Waals surface area contributed by atoms with Gasteiger partial charge in [0.2, 0.25) is 0 Å². The van der Waals surface area contributed by atoms with Gasteiger partial charge in [0, 0.05) is 24.7 Å². The third-order valence-corrected chi connectivity index (χ3v) is 3.77. The molecule has 10 heteroatoms. The van der Waals surface area contributed by atoms with Gasteiger partial charge in [-0.25, -0.2) is 4.98 Å². The third kappa shape index (κ3) is 4.26. The van der Waals surface area contributed by atoms with Crippen molar-refractivity contribution in [2.24, 2.45) is 0 Å². The number of anilines is 2. The van der Waals surface area contributed by atoms with Gasteiger partial charge in [0.25, 0.3) is 0 Å². The normalized spacial score (nSPS) is 12.4. The molecule has 3 rings (SSSR count). The smallest absolute Gasteiger partial charge is 0.368 e. The fourth-order valence-corrected chi connectivity index (χ4v) is 2.50. The van der Waals surface area contributed by atoms with Gasteiger partial charge in [-0.2, -0.15) is 17.7 Å². The molecule has 0 saturated heterocycles. The molecule has 2 N–H and O–H groups in total. The summed E-state index contributed by atoms with van der Waals surface area (Å²) in [5.74, 6) is 1.11. The summed E-state index contributed by atoms with van der Waals surface area (Å²) in [5.41, 5.74) is -0.379. The number of nitrogens with zero attached hydrogens (tertiary/aromatic N) is 5. The lowest BCUT2D eigenvalue weighted by Crippen LogP contribution is -2.20. The molecule has 7 nitrogen and oxygen atoms in total. The summed E-state index contributed by atoms with van der Waals surface area (Å²) in [6, 6.07) is 5.79. The van der Waals surface area contributed by atoms with Gasteiger partial charge in [-0.05, 0) is 24.3 Å². The van der Waals surface area contributed by atoms with E-state index in [1.54, 1.807) is 16.6 Å². The highest BCUT2D eigenvalue weighted by atomic mass is 19.4. The number of pyridine rings is 1. The van der Waals surface area contributed by atoms with Crippen molar-refractivity contribution in [1.82, 2.24) is 24.8 Å². The van der Waals surface area contributed by atoms with Gasteiger partial charge in [-0.3, -0.25) is 0 Å². The Morgan fingerprint density at radius 2 is 1.74 bits per heavy atom. The van der Waals surface area contributed by atoms with Crippen LogP contribution in [-0.2, 0) is 11.6 Å². The zero-order valence-corrected chi connectivity index (χ0v) is 15.2. The number of fused-ring (bicyclic) bond motifs is 1. The van der Waals surface area contributed by atoms with E-state index in [1.165, 1.54) is 12.3 Å². The van der Waals surface area contributed by atoms with Crippen LogP contribution < -0.4 is 10.6 Å². The van der Waals surface area contributed by atoms with Gasteiger partial charge in [0.15, 0.2) is 11.5 Å². The number of halogens is 3. The van der Waals surface area contributed by atoms with E-state index in [9.17, 15) is 13.2 Å². The zero-order valence-electron chi connectivity index (χ0n) is 15.2. The van der Waals surface area contributed by atoms with Crippen molar-refractivity contribution in [2.75, 3.05) is 23.7 Å². The second-order valence-corrected chi connectivity index (χ2v) is 7.01. The van der Waals surface area contributed by atoms with Gasteiger partial charge in [0.1, 0.15) is 11.6 Å². The minimum atomic E-state index is -4.45. The van der Waals surface area contributed by atoms with E-state index < -0.39 is 11.7 Å². The molecule has 0 atom stereocenters. The monoisotopic (exact) mass is 379 g/mol. The van der Waals surface area contributed by atoms with E-state index in [-0.39, 0.29) is 17.8 Å². The second-order valence-electron chi connectivity index (χ2n) is 7.01. The quantitative estimate of drug-likeness (QED) is 0.662. The van der Waals surface area contributed by atoms with Gasteiger partial charge in [0.05, 0.1) is 5.56 Å². The van der Waals surface area contributed by atoms with E-state index >= 15 is 0 Å². The van der Waals surface area contributed by atoms with Crippen molar-refractivity contribution in [3.63, 3.8) is 0 Å². The van der Waals surface area contributed by atoms with Crippen molar-refractivity contribution >= 4 is 17.3 Å². The van der Waals surface area contributed by atoms with Gasteiger partial charge in [-0.1, -0.05) is 20.8 Å². The van der Waals surface area contributed by atoms with Crippen LogP contribution in [0.5, 0.6) is 0 Å². The number of nitrogens with one attached hydrogen (secondary N) is 2. The van der Waals surface area contributed by atoms with Crippen molar-refractivity contribution < 1.29 is 13.2 Å². The Hall–Kier alpha value is -2.91. The molecular weight excluding hydrogens is 359 g/mol. The number of hydrogen-bond acceptors (Lipinski definition) is 6. The topological polar surface area (TPSA) is 80.0 Å². The first-order chi connectivity index (χ1) is 12.7. The number of aromatic nitrogens is 5. The number of rotatable bonds is 5. The lowest BCUT2D eigenvalue weighted by Gasteiger charge is -2.15. The first-order valence-corrected chi connectivity index (χ1v) is 8.39. The van der Waals surface area contributed by atoms with Gasteiger partial charge >= 0.3 is 6.18 Å². The van der Waals surface area contributed by atoms with Crippen LogP contribution in [0, 0.1) is 0 Å². The average molecular weight is 379 g/mol. The van der Waals surface area contributed by atoms with Crippen molar-refractivity contribution in [2.45, 2.75) is 32.4 Å². The fourth-order valence-electron chi connectivity index (χ4n) is 2.50. The zero-order chi connectivity index (χ0) is 19.7. The summed E-state index contributed by atoms with van der Waals surface area (Å²) < 4.78 is 40.5. The lowest BCUT2D eigenvalue weighted by atomic mass is 9.96. The fraction of sp³-hybridized carbons (Fsp3) is 0.412. The first kappa shape index (κ1) is 18.9. The molecule has 0 amide bonds. The summed E-state index contributed by atoms with van der Waals surface area (Å²) in [6.45, 7) is 6.65. The maximum absolute atomic E-state index is 13.0. The van der Waals surface area contributed by atoms with Crippen molar-refractivity contribution in [3.05, 3.63) is 41.9 Å². The highest BCUT2D eigenvalue weighted by Crippen LogP contribution is 2.33. The molecule has 3 aromatic heterocycles. The van der Waals surface area contributed by atoms with Crippen LogP contribution in [0.3, 0.4) is 0 Å². The first-order valence-electron chi connectivity index (χ1n) is 8.39. The summed E-state index contributed by atoms with van der Waals surface area (Å²) >= 11 is 0. The molecule has 144 valence electrons. The standard InChI is InChI=1S/C17H20F3N7/c1-16(2,3)15-25-24-13-7-6-12(26-27(13)15)21-9-10-23-14-11(17(18,19)20)5-4-8-22-14/h4-8H,9-10H2,1-3H3,(H,21,26)(H,22,23). The molecule has 0 spiro atoms. The largest absolute Gasteiger partial charge is 0.419 e. The highest BCUT2D eigenvalue weighted by Gasteiger charge is 2.33. The Balaban J connectivity index is 1.65. The third-order valence-electron chi connectivity index (χ3n) is 3.77. The lowest BCUT2D eigenvalue weighted by molar-refractivity contribution is -0.137. The Kier molecular flexibility index (Phi) is 4.90. The Morgan fingerprint density at radius 1 is 1.00 bits per heavy atom. The Morgan fingerprint density at radius 3 is 2.44 bits per heavy atom. The van der Waals surface area contributed by atoms with Gasteiger partial charge < -0.3 is 10.6 Å². The molecule has 0 radical (unpaired) electrons. The molecule has 0 aliphatic rings. The molecule has 0 aliphatic heterocycles. The Bertz CT molecular complexity index is 928. The molecule has 3 aromatic rings.